The molecule has 0 aliphatic heterocycles. The summed E-state index contributed by atoms with van der Waals surface area (Å²) in [5.74, 6) is -0.200. The van der Waals surface area contributed by atoms with Crippen molar-refractivity contribution in [3.05, 3.63) is 59.7 Å². The van der Waals surface area contributed by atoms with Gasteiger partial charge in [-0.3, -0.25) is 4.98 Å². The van der Waals surface area contributed by atoms with Gasteiger partial charge in [0.1, 0.15) is 5.82 Å². The fraction of sp³-hybridized carbons (Fsp3) is 0.353. The molecule has 0 unspecified atom stereocenters. The van der Waals surface area contributed by atoms with Crippen LogP contribution in [-0.2, 0) is 13.1 Å². The Labute approximate surface area is 125 Å². The highest BCUT2D eigenvalue weighted by molar-refractivity contribution is 5.51. The quantitative estimate of drug-likeness (QED) is 0.883. The molecule has 0 saturated heterocycles. The molecule has 0 radical (unpaired) electrons. The van der Waals surface area contributed by atoms with Crippen LogP contribution in [0.3, 0.4) is 0 Å². The molecule has 4 heteroatoms. The Morgan fingerprint density at radius 1 is 1.29 bits per heavy atom. The lowest BCUT2D eigenvalue weighted by molar-refractivity contribution is 0.588. The molecule has 0 aliphatic rings. The number of aromatic nitrogens is 1. The van der Waals surface area contributed by atoms with E-state index in [-0.39, 0.29) is 5.82 Å². The molecule has 1 aromatic heterocycles. The van der Waals surface area contributed by atoms with Gasteiger partial charge in [0.25, 0.3) is 0 Å². The lowest BCUT2D eigenvalue weighted by Gasteiger charge is -2.23. The van der Waals surface area contributed by atoms with E-state index < -0.39 is 0 Å². The molecule has 0 saturated carbocycles. The highest BCUT2D eigenvalue weighted by atomic mass is 19.1. The van der Waals surface area contributed by atoms with E-state index in [1.165, 1.54) is 11.6 Å². The number of nitrogens with zero attached hydrogens (tertiary/aromatic N) is 2. The first-order valence-corrected chi connectivity index (χ1v) is 7.18. The zero-order valence-corrected chi connectivity index (χ0v) is 12.8. The third-order valence-corrected chi connectivity index (χ3v) is 3.31. The van der Waals surface area contributed by atoms with Crippen molar-refractivity contribution >= 4 is 5.69 Å². The van der Waals surface area contributed by atoms with E-state index in [9.17, 15) is 4.39 Å². The summed E-state index contributed by atoms with van der Waals surface area (Å²) in [5, 5.41) is 3.42. The van der Waals surface area contributed by atoms with Crippen LogP contribution in [0.25, 0.3) is 0 Å². The SMILES string of the molecule is CC(C)NCc1ccncc1N(C)Cc1cccc(F)c1. The topological polar surface area (TPSA) is 28.2 Å². The summed E-state index contributed by atoms with van der Waals surface area (Å²) >= 11 is 0. The van der Waals surface area contributed by atoms with Gasteiger partial charge < -0.3 is 10.2 Å². The Balaban J connectivity index is 2.13. The zero-order chi connectivity index (χ0) is 15.2. The van der Waals surface area contributed by atoms with E-state index in [0.29, 0.717) is 12.6 Å². The summed E-state index contributed by atoms with van der Waals surface area (Å²) < 4.78 is 13.3. The van der Waals surface area contributed by atoms with E-state index in [1.807, 2.05) is 25.4 Å². The van der Waals surface area contributed by atoms with Crippen LogP contribution < -0.4 is 10.2 Å². The van der Waals surface area contributed by atoms with Gasteiger partial charge in [-0.05, 0) is 29.3 Å². The van der Waals surface area contributed by atoms with Gasteiger partial charge in [-0.2, -0.15) is 0 Å². The molecule has 3 nitrogen and oxygen atoms in total. The maximum Gasteiger partial charge on any atom is 0.123 e. The number of halogens is 1. The van der Waals surface area contributed by atoms with Crippen molar-refractivity contribution in [3.63, 3.8) is 0 Å². The van der Waals surface area contributed by atoms with Gasteiger partial charge in [-0.25, -0.2) is 4.39 Å². The normalized spacial score (nSPS) is 10.9. The minimum atomic E-state index is -0.200. The predicted octanol–water partition coefficient (Wildman–Crippen LogP) is 3.36. The molecule has 0 fully saturated rings. The van der Waals surface area contributed by atoms with E-state index in [1.54, 1.807) is 18.3 Å². The van der Waals surface area contributed by atoms with E-state index in [4.69, 9.17) is 0 Å². The van der Waals surface area contributed by atoms with Crippen LogP contribution in [-0.4, -0.2) is 18.1 Å². The van der Waals surface area contributed by atoms with Crippen molar-refractivity contribution in [1.82, 2.24) is 10.3 Å². The maximum atomic E-state index is 13.3. The number of nitrogens with one attached hydrogen (secondary N) is 1. The monoisotopic (exact) mass is 287 g/mol. The van der Waals surface area contributed by atoms with Crippen molar-refractivity contribution in [2.75, 3.05) is 11.9 Å². The summed E-state index contributed by atoms with van der Waals surface area (Å²) in [5.41, 5.74) is 3.21. The number of anilines is 1. The van der Waals surface area contributed by atoms with Gasteiger partial charge in [-0.15, -0.1) is 0 Å². The lowest BCUT2D eigenvalue weighted by atomic mass is 10.1. The number of benzene rings is 1. The second kappa shape index (κ2) is 7.18. The Morgan fingerprint density at radius 2 is 2.10 bits per heavy atom. The Morgan fingerprint density at radius 3 is 2.81 bits per heavy atom. The number of hydrogen-bond acceptors (Lipinski definition) is 3. The summed E-state index contributed by atoms with van der Waals surface area (Å²) in [6, 6.07) is 9.15. The third-order valence-electron chi connectivity index (χ3n) is 3.31. The van der Waals surface area contributed by atoms with Crippen LogP contribution >= 0.6 is 0 Å². The first-order valence-electron chi connectivity index (χ1n) is 7.18. The Hall–Kier alpha value is -1.94. The van der Waals surface area contributed by atoms with Gasteiger partial charge in [-0.1, -0.05) is 26.0 Å². The van der Waals surface area contributed by atoms with E-state index in [0.717, 1.165) is 17.8 Å². The van der Waals surface area contributed by atoms with Crippen molar-refractivity contribution < 1.29 is 4.39 Å². The fourth-order valence-electron chi connectivity index (χ4n) is 2.22. The lowest BCUT2D eigenvalue weighted by Crippen LogP contribution is -2.24. The molecule has 0 amide bonds. The second-order valence-electron chi connectivity index (χ2n) is 5.53. The van der Waals surface area contributed by atoms with Crippen LogP contribution in [0, 0.1) is 5.82 Å². The van der Waals surface area contributed by atoms with Crippen LogP contribution in [0.5, 0.6) is 0 Å². The van der Waals surface area contributed by atoms with Gasteiger partial charge in [0.2, 0.25) is 0 Å². The molecular weight excluding hydrogens is 265 g/mol. The van der Waals surface area contributed by atoms with Gasteiger partial charge in [0.05, 0.1) is 11.9 Å². The van der Waals surface area contributed by atoms with Crippen molar-refractivity contribution in [3.8, 4) is 0 Å². The molecule has 2 aromatic rings. The predicted molar refractivity (Wildman–Crippen MR) is 84.7 cm³/mol. The molecule has 1 aromatic carbocycles. The smallest absolute Gasteiger partial charge is 0.123 e. The Bertz CT molecular complexity index is 584. The first-order chi connectivity index (χ1) is 10.1. The highest BCUT2D eigenvalue weighted by Gasteiger charge is 2.09. The molecule has 1 heterocycles. The minimum Gasteiger partial charge on any atom is -0.369 e. The molecule has 1 N–H and O–H groups in total. The largest absolute Gasteiger partial charge is 0.369 e. The second-order valence-corrected chi connectivity index (χ2v) is 5.53. The summed E-state index contributed by atoms with van der Waals surface area (Å²) in [7, 11) is 2.00. The molecule has 2 rings (SSSR count). The fourth-order valence-corrected chi connectivity index (χ4v) is 2.22. The highest BCUT2D eigenvalue weighted by Crippen LogP contribution is 2.20. The minimum absolute atomic E-state index is 0.200. The number of pyridine rings is 1. The van der Waals surface area contributed by atoms with Crippen molar-refractivity contribution in [1.29, 1.82) is 0 Å². The standard InChI is InChI=1S/C17H22FN3/c1-13(2)20-10-15-7-8-19-11-17(15)21(3)12-14-5-4-6-16(18)9-14/h4-9,11,13,20H,10,12H2,1-3H3. The first kappa shape index (κ1) is 15.4. The molecule has 21 heavy (non-hydrogen) atoms. The van der Waals surface area contributed by atoms with Gasteiger partial charge in [0.15, 0.2) is 0 Å². The van der Waals surface area contributed by atoms with E-state index in [2.05, 4.69) is 29.0 Å². The number of rotatable bonds is 6. The van der Waals surface area contributed by atoms with Gasteiger partial charge >= 0.3 is 0 Å². The van der Waals surface area contributed by atoms with Crippen molar-refractivity contribution in [2.45, 2.75) is 33.0 Å². The van der Waals surface area contributed by atoms with E-state index >= 15 is 0 Å². The van der Waals surface area contributed by atoms with Gasteiger partial charge in [0, 0.05) is 32.4 Å². The van der Waals surface area contributed by atoms with Crippen molar-refractivity contribution in [2.24, 2.45) is 0 Å². The van der Waals surface area contributed by atoms with Crippen LogP contribution in [0.1, 0.15) is 25.0 Å². The molecule has 112 valence electrons. The molecule has 0 bridgehead atoms. The zero-order valence-electron chi connectivity index (χ0n) is 12.8. The van der Waals surface area contributed by atoms with Crippen LogP contribution in [0.4, 0.5) is 10.1 Å². The molecule has 0 atom stereocenters. The number of hydrogen-bond donors (Lipinski definition) is 1. The molecule has 0 aliphatic carbocycles. The third kappa shape index (κ3) is 4.53. The average Bonchev–Trinajstić information content (AvgIpc) is 2.45. The van der Waals surface area contributed by atoms with Crippen LogP contribution in [0.15, 0.2) is 42.7 Å². The maximum absolute atomic E-state index is 13.3. The molecular formula is C17H22FN3. The summed E-state index contributed by atoms with van der Waals surface area (Å²) in [4.78, 5) is 6.31. The Kier molecular flexibility index (Phi) is 5.28. The average molecular weight is 287 g/mol. The summed E-state index contributed by atoms with van der Waals surface area (Å²) in [6.45, 7) is 5.69. The molecule has 0 spiro atoms. The van der Waals surface area contributed by atoms with Crippen LogP contribution in [0.2, 0.25) is 0 Å². The summed E-state index contributed by atoms with van der Waals surface area (Å²) in [6.07, 6.45) is 3.66.